The second-order valence-corrected chi connectivity index (χ2v) is 5.29. The maximum absolute atomic E-state index is 12.3. The van der Waals surface area contributed by atoms with Crippen LogP contribution >= 0.6 is 0 Å². The molecule has 1 aromatic rings. The molecule has 0 spiro atoms. The van der Waals surface area contributed by atoms with Gasteiger partial charge in [0, 0.05) is 20.1 Å². The average molecular weight is 262 g/mol. The van der Waals surface area contributed by atoms with Crippen LogP contribution in [-0.4, -0.2) is 30.6 Å². The molecule has 0 saturated carbocycles. The second-order valence-electron chi connectivity index (χ2n) is 5.29. The lowest BCUT2D eigenvalue weighted by atomic mass is 10.0. The number of nitrogens with zero attached hydrogens (tertiary/aromatic N) is 1. The number of benzene rings is 1. The van der Waals surface area contributed by atoms with Gasteiger partial charge in [0.05, 0.1) is 18.6 Å². The first-order valence-electron chi connectivity index (χ1n) is 6.74. The Kier molecular flexibility index (Phi) is 4.56. The van der Waals surface area contributed by atoms with Crippen LogP contribution < -0.4 is 5.73 Å². The summed E-state index contributed by atoms with van der Waals surface area (Å²) in [6, 6.07) is 8.06. The molecule has 1 saturated heterocycles. The predicted octanol–water partition coefficient (Wildman–Crippen LogP) is 1.53. The molecule has 4 nitrogen and oxygen atoms in total. The smallest absolute Gasteiger partial charge is 0.228 e. The lowest BCUT2D eigenvalue weighted by Crippen LogP contribution is -2.32. The first-order chi connectivity index (χ1) is 9.10. The van der Waals surface area contributed by atoms with Crippen molar-refractivity contribution in [2.45, 2.75) is 32.5 Å². The Balaban J connectivity index is 1.96. The van der Waals surface area contributed by atoms with E-state index >= 15 is 0 Å². The highest BCUT2D eigenvalue weighted by atomic mass is 16.5. The summed E-state index contributed by atoms with van der Waals surface area (Å²) in [5, 5.41) is 0. The SMILES string of the molecule is CC1CC(C(=O)N(C)Cc2cccc(CN)c2)CO1. The monoisotopic (exact) mass is 262 g/mol. The van der Waals surface area contributed by atoms with Gasteiger partial charge in [0.25, 0.3) is 0 Å². The second kappa shape index (κ2) is 6.17. The van der Waals surface area contributed by atoms with Crippen LogP contribution in [0.25, 0.3) is 0 Å². The normalized spacial score (nSPS) is 22.5. The van der Waals surface area contributed by atoms with E-state index in [4.69, 9.17) is 10.5 Å². The van der Waals surface area contributed by atoms with Gasteiger partial charge in [-0.05, 0) is 24.5 Å². The zero-order valence-corrected chi connectivity index (χ0v) is 11.6. The zero-order chi connectivity index (χ0) is 13.8. The standard InChI is InChI=1S/C15H22N2O2/c1-11-6-14(10-19-11)15(18)17(2)9-13-5-3-4-12(7-13)8-16/h3-5,7,11,14H,6,8-10,16H2,1-2H3. The van der Waals surface area contributed by atoms with E-state index in [9.17, 15) is 4.79 Å². The first-order valence-corrected chi connectivity index (χ1v) is 6.74. The fourth-order valence-electron chi connectivity index (χ4n) is 2.51. The highest BCUT2D eigenvalue weighted by molar-refractivity contribution is 5.79. The Morgan fingerprint density at radius 1 is 1.47 bits per heavy atom. The van der Waals surface area contributed by atoms with Gasteiger partial charge >= 0.3 is 0 Å². The van der Waals surface area contributed by atoms with Gasteiger partial charge in [-0.2, -0.15) is 0 Å². The first kappa shape index (κ1) is 14.0. The van der Waals surface area contributed by atoms with Crippen LogP contribution in [0.5, 0.6) is 0 Å². The molecule has 2 atom stereocenters. The summed E-state index contributed by atoms with van der Waals surface area (Å²) in [6.07, 6.45) is 1.02. The summed E-state index contributed by atoms with van der Waals surface area (Å²) in [5.41, 5.74) is 7.84. The van der Waals surface area contributed by atoms with Crippen molar-refractivity contribution < 1.29 is 9.53 Å². The van der Waals surface area contributed by atoms with Crippen LogP contribution in [-0.2, 0) is 22.6 Å². The average Bonchev–Trinajstić information content (AvgIpc) is 2.84. The van der Waals surface area contributed by atoms with E-state index in [2.05, 4.69) is 6.07 Å². The summed E-state index contributed by atoms with van der Waals surface area (Å²) in [4.78, 5) is 14.1. The number of rotatable bonds is 4. The molecule has 0 bridgehead atoms. The summed E-state index contributed by atoms with van der Waals surface area (Å²) >= 11 is 0. The van der Waals surface area contributed by atoms with Gasteiger partial charge in [-0.15, -0.1) is 0 Å². The van der Waals surface area contributed by atoms with Gasteiger partial charge in [0.2, 0.25) is 5.91 Å². The highest BCUT2D eigenvalue weighted by Crippen LogP contribution is 2.21. The Bertz CT molecular complexity index is 448. The van der Waals surface area contributed by atoms with Crippen molar-refractivity contribution >= 4 is 5.91 Å². The zero-order valence-electron chi connectivity index (χ0n) is 11.6. The van der Waals surface area contributed by atoms with Gasteiger partial charge < -0.3 is 15.4 Å². The molecule has 1 aromatic carbocycles. The Morgan fingerprint density at radius 2 is 2.21 bits per heavy atom. The molecule has 1 fully saturated rings. The topological polar surface area (TPSA) is 55.6 Å². The summed E-state index contributed by atoms with van der Waals surface area (Å²) in [5.74, 6) is 0.181. The van der Waals surface area contributed by atoms with Crippen LogP contribution in [0.2, 0.25) is 0 Å². The van der Waals surface area contributed by atoms with E-state index in [1.54, 1.807) is 4.90 Å². The molecule has 104 valence electrons. The quantitative estimate of drug-likeness (QED) is 0.895. The van der Waals surface area contributed by atoms with Gasteiger partial charge in [-0.1, -0.05) is 24.3 Å². The lowest BCUT2D eigenvalue weighted by Gasteiger charge is -2.20. The van der Waals surface area contributed by atoms with Crippen molar-refractivity contribution in [3.8, 4) is 0 Å². The number of carbonyl (C=O) groups is 1. The number of ether oxygens (including phenoxy) is 1. The molecule has 1 heterocycles. The fraction of sp³-hybridized carbons (Fsp3) is 0.533. The van der Waals surface area contributed by atoms with Gasteiger partial charge in [0.15, 0.2) is 0 Å². The van der Waals surface area contributed by atoms with Crippen LogP contribution in [0.15, 0.2) is 24.3 Å². The maximum Gasteiger partial charge on any atom is 0.228 e. The molecule has 0 aliphatic carbocycles. The molecule has 0 radical (unpaired) electrons. The molecule has 19 heavy (non-hydrogen) atoms. The molecule has 2 rings (SSSR count). The molecule has 1 amide bonds. The molecule has 1 aliphatic rings. The van der Waals surface area contributed by atoms with Crippen LogP contribution in [0.1, 0.15) is 24.5 Å². The van der Waals surface area contributed by atoms with Crippen LogP contribution in [0.3, 0.4) is 0 Å². The summed E-state index contributed by atoms with van der Waals surface area (Å²) in [6.45, 7) is 3.71. The van der Waals surface area contributed by atoms with Gasteiger partial charge in [0.1, 0.15) is 0 Å². The number of nitrogens with two attached hydrogens (primary N) is 1. The molecule has 2 N–H and O–H groups in total. The van der Waals surface area contributed by atoms with E-state index in [-0.39, 0.29) is 17.9 Å². The third kappa shape index (κ3) is 3.55. The number of amides is 1. The van der Waals surface area contributed by atoms with Crippen molar-refractivity contribution in [1.82, 2.24) is 4.90 Å². The minimum absolute atomic E-state index is 0.0118. The fourth-order valence-corrected chi connectivity index (χ4v) is 2.51. The molecular formula is C15H22N2O2. The van der Waals surface area contributed by atoms with Gasteiger partial charge in [-0.3, -0.25) is 4.79 Å². The van der Waals surface area contributed by atoms with Crippen LogP contribution in [0.4, 0.5) is 0 Å². The lowest BCUT2D eigenvalue weighted by molar-refractivity contribution is -0.134. The van der Waals surface area contributed by atoms with Crippen molar-refractivity contribution in [3.63, 3.8) is 0 Å². The molecule has 4 heteroatoms. The van der Waals surface area contributed by atoms with Crippen molar-refractivity contribution in [2.24, 2.45) is 11.7 Å². The number of hydrogen-bond donors (Lipinski definition) is 1. The predicted molar refractivity (Wildman–Crippen MR) is 74.3 cm³/mol. The Labute approximate surface area is 114 Å². The third-order valence-corrected chi connectivity index (χ3v) is 3.57. The van der Waals surface area contributed by atoms with Crippen molar-refractivity contribution in [2.75, 3.05) is 13.7 Å². The van der Waals surface area contributed by atoms with E-state index in [0.29, 0.717) is 19.7 Å². The summed E-state index contributed by atoms with van der Waals surface area (Å²) < 4.78 is 5.46. The van der Waals surface area contributed by atoms with E-state index in [1.807, 2.05) is 32.2 Å². The Morgan fingerprint density at radius 3 is 2.84 bits per heavy atom. The molecule has 1 aliphatic heterocycles. The highest BCUT2D eigenvalue weighted by Gasteiger charge is 2.30. The van der Waals surface area contributed by atoms with E-state index in [1.165, 1.54) is 0 Å². The molecular weight excluding hydrogens is 240 g/mol. The summed E-state index contributed by atoms with van der Waals surface area (Å²) in [7, 11) is 1.85. The van der Waals surface area contributed by atoms with E-state index < -0.39 is 0 Å². The van der Waals surface area contributed by atoms with Gasteiger partial charge in [-0.25, -0.2) is 0 Å². The number of carbonyl (C=O) groups excluding carboxylic acids is 1. The number of hydrogen-bond acceptors (Lipinski definition) is 3. The minimum Gasteiger partial charge on any atom is -0.378 e. The van der Waals surface area contributed by atoms with Crippen molar-refractivity contribution in [1.29, 1.82) is 0 Å². The maximum atomic E-state index is 12.3. The molecule has 2 unspecified atom stereocenters. The minimum atomic E-state index is 0.0118. The van der Waals surface area contributed by atoms with Crippen molar-refractivity contribution in [3.05, 3.63) is 35.4 Å². The van der Waals surface area contributed by atoms with E-state index in [0.717, 1.165) is 17.5 Å². The molecule has 0 aromatic heterocycles. The largest absolute Gasteiger partial charge is 0.378 e. The third-order valence-electron chi connectivity index (χ3n) is 3.57. The Hall–Kier alpha value is -1.39. The van der Waals surface area contributed by atoms with Crippen LogP contribution in [0, 0.1) is 5.92 Å².